The second-order valence-electron chi connectivity index (χ2n) is 9.01. The molecule has 3 heterocycles. The van der Waals surface area contributed by atoms with Gasteiger partial charge in [-0.25, -0.2) is 13.1 Å². The lowest BCUT2D eigenvalue weighted by Gasteiger charge is -2.32. The Kier molecular flexibility index (Phi) is 6.95. The molecule has 1 atom stereocenters. The van der Waals surface area contributed by atoms with Crippen molar-refractivity contribution >= 4 is 15.9 Å². The van der Waals surface area contributed by atoms with E-state index in [4.69, 9.17) is 0 Å². The number of hydrogen-bond acceptors (Lipinski definition) is 5. The van der Waals surface area contributed by atoms with Crippen molar-refractivity contribution in [2.45, 2.75) is 76.2 Å². The van der Waals surface area contributed by atoms with Crippen LogP contribution in [0.2, 0.25) is 0 Å². The highest BCUT2D eigenvalue weighted by Gasteiger charge is 2.29. The van der Waals surface area contributed by atoms with E-state index in [9.17, 15) is 13.2 Å². The molecule has 0 spiro atoms. The Hall–Kier alpha value is -2.26. The van der Waals surface area contributed by atoms with Crippen molar-refractivity contribution < 1.29 is 13.2 Å². The SMILES string of the molecule is Cc1ccc(S(=O)(=O)NCCC(=O)N2CCCC(c3nnc4n3CCCCC4)C2)cc1C. The number of aryl methyl sites for hydroxylation is 3. The lowest BCUT2D eigenvalue weighted by atomic mass is 9.96. The van der Waals surface area contributed by atoms with Crippen molar-refractivity contribution in [1.29, 1.82) is 0 Å². The minimum atomic E-state index is -3.63. The van der Waals surface area contributed by atoms with Gasteiger partial charge in [0.15, 0.2) is 0 Å². The van der Waals surface area contributed by atoms with Gasteiger partial charge >= 0.3 is 0 Å². The summed E-state index contributed by atoms with van der Waals surface area (Å²) in [7, 11) is -3.63. The van der Waals surface area contributed by atoms with Crippen LogP contribution in [0.3, 0.4) is 0 Å². The molecule has 1 aromatic heterocycles. The number of likely N-dealkylation sites (tertiary alicyclic amines) is 1. The van der Waals surface area contributed by atoms with Crippen LogP contribution >= 0.6 is 0 Å². The molecule has 1 saturated heterocycles. The molecule has 0 bridgehead atoms. The number of sulfonamides is 1. The zero-order valence-corrected chi connectivity index (χ0v) is 19.8. The van der Waals surface area contributed by atoms with E-state index in [1.165, 1.54) is 6.42 Å². The lowest BCUT2D eigenvalue weighted by molar-refractivity contribution is -0.132. The summed E-state index contributed by atoms with van der Waals surface area (Å²) in [6.07, 6.45) is 6.57. The van der Waals surface area contributed by atoms with Crippen LogP contribution < -0.4 is 4.72 Å². The summed E-state index contributed by atoms with van der Waals surface area (Å²) < 4.78 is 30.0. The van der Waals surface area contributed by atoms with Crippen molar-refractivity contribution in [1.82, 2.24) is 24.4 Å². The number of piperidine rings is 1. The Morgan fingerprint density at radius 2 is 1.94 bits per heavy atom. The van der Waals surface area contributed by atoms with E-state index in [0.29, 0.717) is 13.1 Å². The summed E-state index contributed by atoms with van der Waals surface area (Å²) in [5, 5.41) is 8.89. The number of amides is 1. The molecule has 1 amide bonds. The Morgan fingerprint density at radius 3 is 2.75 bits per heavy atom. The van der Waals surface area contributed by atoms with Crippen molar-refractivity contribution in [3.63, 3.8) is 0 Å². The van der Waals surface area contributed by atoms with Crippen molar-refractivity contribution in [3.05, 3.63) is 41.0 Å². The average molecular weight is 460 g/mol. The van der Waals surface area contributed by atoms with Crippen LogP contribution in [0.1, 0.15) is 67.2 Å². The second-order valence-corrected chi connectivity index (χ2v) is 10.8. The highest BCUT2D eigenvalue weighted by molar-refractivity contribution is 7.89. The molecule has 2 aliphatic heterocycles. The number of hydrogen-bond donors (Lipinski definition) is 1. The number of fused-ring (bicyclic) bond motifs is 1. The van der Waals surface area contributed by atoms with Crippen molar-refractivity contribution in [3.8, 4) is 0 Å². The highest BCUT2D eigenvalue weighted by Crippen LogP contribution is 2.28. The summed E-state index contributed by atoms with van der Waals surface area (Å²) in [4.78, 5) is 14.9. The first-order valence-electron chi connectivity index (χ1n) is 11.6. The third-order valence-electron chi connectivity index (χ3n) is 6.70. The summed E-state index contributed by atoms with van der Waals surface area (Å²) in [5.41, 5.74) is 1.97. The Morgan fingerprint density at radius 1 is 1.09 bits per heavy atom. The second kappa shape index (κ2) is 9.70. The van der Waals surface area contributed by atoms with Gasteiger partial charge in [-0.15, -0.1) is 10.2 Å². The van der Waals surface area contributed by atoms with Gasteiger partial charge in [0.25, 0.3) is 0 Å². The molecule has 0 aliphatic carbocycles. The fraction of sp³-hybridized carbons (Fsp3) is 0.609. The molecular formula is C23H33N5O3S. The summed E-state index contributed by atoms with van der Waals surface area (Å²) in [5.74, 6) is 2.25. The average Bonchev–Trinajstić information content (AvgIpc) is 3.03. The maximum absolute atomic E-state index is 12.8. The number of carbonyl (C=O) groups excluding carboxylic acids is 1. The number of carbonyl (C=O) groups is 1. The van der Waals surface area contributed by atoms with Gasteiger partial charge in [0.2, 0.25) is 15.9 Å². The van der Waals surface area contributed by atoms with Crippen LogP contribution in [-0.2, 0) is 27.8 Å². The van der Waals surface area contributed by atoms with Gasteiger partial charge in [-0.05, 0) is 62.8 Å². The molecular weight excluding hydrogens is 426 g/mol. The largest absolute Gasteiger partial charge is 0.342 e. The number of aromatic nitrogens is 3. The number of nitrogens with zero attached hydrogens (tertiary/aromatic N) is 4. The van der Waals surface area contributed by atoms with Gasteiger partial charge in [0.05, 0.1) is 4.90 Å². The smallest absolute Gasteiger partial charge is 0.240 e. The monoisotopic (exact) mass is 459 g/mol. The molecule has 4 rings (SSSR count). The molecule has 32 heavy (non-hydrogen) atoms. The quantitative estimate of drug-likeness (QED) is 0.716. The summed E-state index contributed by atoms with van der Waals surface area (Å²) in [6.45, 7) is 6.22. The number of rotatable bonds is 6. The minimum absolute atomic E-state index is 0.0203. The van der Waals surface area contributed by atoms with Crippen LogP contribution in [0.25, 0.3) is 0 Å². The summed E-state index contributed by atoms with van der Waals surface area (Å²) in [6, 6.07) is 5.06. The van der Waals surface area contributed by atoms with Crippen LogP contribution in [0.15, 0.2) is 23.1 Å². The zero-order valence-electron chi connectivity index (χ0n) is 19.0. The van der Waals surface area contributed by atoms with Gasteiger partial charge in [-0.1, -0.05) is 12.5 Å². The lowest BCUT2D eigenvalue weighted by Crippen LogP contribution is -2.41. The van der Waals surface area contributed by atoms with Gasteiger partial charge in [-0.2, -0.15) is 0 Å². The van der Waals surface area contributed by atoms with Gasteiger partial charge in [0.1, 0.15) is 11.6 Å². The third kappa shape index (κ3) is 5.04. The van der Waals surface area contributed by atoms with E-state index >= 15 is 0 Å². The van der Waals surface area contributed by atoms with Crippen LogP contribution in [0.4, 0.5) is 0 Å². The van der Waals surface area contributed by atoms with Gasteiger partial charge < -0.3 is 9.47 Å². The van der Waals surface area contributed by atoms with E-state index in [1.807, 2.05) is 18.7 Å². The fourth-order valence-corrected chi connectivity index (χ4v) is 5.76. The molecule has 1 aromatic carbocycles. The maximum atomic E-state index is 12.8. The molecule has 1 fully saturated rings. The Labute approximate surface area is 190 Å². The first kappa shape index (κ1) is 22.9. The third-order valence-corrected chi connectivity index (χ3v) is 8.16. The Balaban J connectivity index is 1.34. The van der Waals surface area contributed by atoms with E-state index < -0.39 is 10.0 Å². The molecule has 9 heteroatoms. The maximum Gasteiger partial charge on any atom is 0.240 e. The van der Waals surface area contributed by atoms with E-state index in [-0.39, 0.29) is 29.7 Å². The molecule has 174 valence electrons. The van der Waals surface area contributed by atoms with Crippen LogP contribution in [0, 0.1) is 13.8 Å². The number of nitrogens with one attached hydrogen (secondary N) is 1. The predicted octanol–water partition coefficient (Wildman–Crippen LogP) is 2.70. The molecule has 0 saturated carbocycles. The van der Waals surface area contributed by atoms with Gasteiger partial charge in [0, 0.05) is 44.9 Å². The van der Waals surface area contributed by atoms with E-state index in [1.54, 1.807) is 18.2 Å². The first-order chi connectivity index (χ1) is 15.3. The molecule has 2 aliphatic rings. The zero-order chi connectivity index (χ0) is 22.7. The van der Waals surface area contributed by atoms with Crippen LogP contribution in [0.5, 0.6) is 0 Å². The first-order valence-corrected chi connectivity index (χ1v) is 13.1. The van der Waals surface area contributed by atoms with Crippen molar-refractivity contribution in [2.75, 3.05) is 19.6 Å². The standard InChI is InChI=1S/C23H33N5O3S/c1-17-9-10-20(15-18(17)2)32(30,31)24-12-11-22(29)27-13-6-7-19(16-27)23-26-25-21-8-4-3-5-14-28(21)23/h9-10,15,19,24H,3-8,11-14,16H2,1-2H3. The molecule has 1 unspecified atom stereocenters. The van der Waals surface area contributed by atoms with Crippen molar-refractivity contribution in [2.24, 2.45) is 0 Å². The minimum Gasteiger partial charge on any atom is -0.342 e. The molecule has 8 nitrogen and oxygen atoms in total. The fourth-order valence-electron chi connectivity index (χ4n) is 4.64. The predicted molar refractivity (Wildman–Crippen MR) is 122 cm³/mol. The van der Waals surface area contributed by atoms with Gasteiger partial charge in [-0.3, -0.25) is 4.79 Å². The molecule has 1 N–H and O–H groups in total. The van der Waals surface area contributed by atoms with Crippen LogP contribution in [-0.4, -0.2) is 53.6 Å². The highest BCUT2D eigenvalue weighted by atomic mass is 32.2. The topological polar surface area (TPSA) is 97.2 Å². The summed E-state index contributed by atoms with van der Waals surface area (Å²) >= 11 is 0. The Bertz CT molecular complexity index is 1080. The number of benzene rings is 1. The molecule has 0 radical (unpaired) electrons. The van der Waals surface area contributed by atoms with E-state index in [0.717, 1.165) is 61.4 Å². The molecule has 2 aromatic rings. The van der Waals surface area contributed by atoms with E-state index in [2.05, 4.69) is 19.5 Å². The normalized spacial score (nSPS) is 19.4.